The van der Waals surface area contributed by atoms with Gasteiger partial charge < -0.3 is 28.5 Å². The largest absolute Gasteiger partial charge is 0.446 e. The molecule has 0 aromatic heterocycles. The summed E-state index contributed by atoms with van der Waals surface area (Å²) in [4.78, 5) is 34.6. The number of aldehydes is 1. The maximum absolute atomic E-state index is 12.0. The van der Waals surface area contributed by atoms with Crippen molar-refractivity contribution in [1.29, 1.82) is 0 Å². The first-order valence-corrected chi connectivity index (χ1v) is 17.6. The van der Waals surface area contributed by atoms with E-state index >= 15 is 0 Å². The van der Waals surface area contributed by atoms with Crippen LogP contribution in [0.15, 0.2) is 60.7 Å². The van der Waals surface area contributed by atoms with Crippen LogP contribution in [0, 0.1) is 59.2 Å². The molecule has 0 radical (unpaired) electrons. The molecule has 8 nitrogen and oxygen atoms in total. The third kappa shape index (κ3) is 12.1. The van der Waals surface area contributed by atoms with Crippen LogP contribution in [0.4, 0.5) is 0 Å². The molecule has 0 bridgehead atoms. The molecule has 8 heteroatoms. The number of hydrogen-bond acceptors (Lipinski definition) is 8. The Morgan fingerprint density at radius 3 is 1.52 bits per heavy atom. The van der Waals surface area contributed by atoms with Crippen molar-refractivity contribution in [2.24, 2.45) is 35.5 Å². The predicted octanol–water partition coefficient (Wildman–Crippen LogP) is 6.83. The smallest absolute Gasteiger partial charge is 0.312 e. The Morgan fingerprint density at radius 2 is 1.12 bits per heavy atom. The molecule has 270 valence electrons. The van der Waals surface area contributed by atoms with E-state index in [4.69, 9.17) is 23.7 Å². The molecule has 2 saturated heterocycles. The Labute approximate surface area is 298 Å². The van der Waals surface area contributed by atoms with E-state index < -0.39 is 12.2 Å². The van der Waals surface area contributed by atoms with Gasteiger partial charge in [-0.2, -0.15) is 0 Å². The number of benzene rings is 2. The van der Waals surface area contributed by atoms with Gasteiger partial charge in [0.25, 0.3) is 0 Å². The zero-order valence-electron chi connectivity index (χ0n) is 30.8. The highest BCUT2D eigenvalue weighted by Crippen LogP contribution is 2.27. The summed E-state index contributed by atoms with van der Waals surface area (Å²) >= 11 is 0. The third-order valence-electron chi connectivity index (χ3n) is 9.84. The molecule has 2 aromatic rings. The molecule has 1 unspecified atom stereocenters. The summed E-state index contributed by atoms with van der Waals surface area (Å²) in [6, 6.07) is 19.7. The van der Waals surface area contributed by atoms with Gasteiger partial charge in [-0.05, 0) is 49.7 Å². The van der Waals surface area contributed by atoms with Gasteiger partial charge in [-0.3, -0.25) is 9.59 Å². The van der Waals surface area contributed by atoms with Crippen LogP contribution in [0.25, 0.3) is 0 Å². The molecule has 50 heavy (non-hydrogen) atoms. The van der Waals surface area contributed by atoms with Crippen molar-refractivity contribution >= 4 is 18.2 Å². The molecule has 4 rings (SSSR count). The van der Waals surface area contributed by atoms with Crippen molar-refractivity contribution < 1.29 is 38.1 Å². The predicted molar refractivity (Wildman–Crippen MR) is 192 cm³/mol. The lowest BCUT2D eigenvalue weighted by atomic mass is 9.89. The summed E-state index contributed by atoms with van der Waals surface area (Å²) in [5.74, 6) is 12.2. The normalized spacial score (nSPS) is 25.5. The molecule has 0 spiro atoms. The number of esters is 2. The average Bonchev–Trinajstić information content (AvgIpc) is 3.56. The Kier molecular flexibility index (Phi) is 16.7. The number of rotatable bonds is 13. The van der Waals surface area contributed by atoms with E-state index in [0.29, 0.717) is 31.5 Å². The summed E-state index contributed by atoms with van der Waals surface area (Å²) in [6.07, 6.45) is 0.716. The number of ether oxygens (including phenoxy) is 5. The minimum Gasteiger partial charge on any atom is -0.446 e. The fourth-order valence-corrected chi connectivity index (χ4v) is 5.44. The van der Waals surface area contributed by atoms with Crippen LogP contribution in [0.5, 0.6) is 0 Å². The Morgan fingerprint density at radius 1 is 0.700 bits per heavy atom. The Bertz CT molecular complexity index is 1470. The average molecular weight is 687 g/mol. The first-order valence-electron chi connectivity index (χ1n) is 17.6. The minimum absolute atomic E-state index is 0.0329. The van der Waals surface area contributed by atoms with Gasteiger partial charge in [0.05, 0.1) is 31.2 Å². The zero-order chi connectivity index (χ0) is 36.6. The second-order valence-electron chi connectivity index (χ2n) is 13.6. The van der Waals surface area contributed by atoms with Gasteiger partial charge in [0, 0.05) is 25.9 Å². The maximum Gasteiger partial charge on any atom is 0.312 e. The molecule has 2 aromatic carbocycles. The standard InChI is InChI=1S/C22H30O4.C20H24O4/c1-15(16(2)18(4)24-5)10-9-13-20-21(17(3)22(23)26-20)25-14-19-11-7-6-8-12-19;1-14(15(2)12-21)8-7-11-18-19(16(3)20(22)24-18)23-13-17-9-5-4-6-10-17/h6-8,11-12,15-18,20-21H,10,14H2,1-5H3;4-6,9-10,12,14-16,18-19H,8,13H2,1-3H3/t15-,16+,17-,18?,20-,21-;14-,15-,16-,18-,19-/m11/s1. The molecule has 0 aliphatic carbocycles. The van der Waals surface area contributed by atoms with E-state index in [0.717, 1.165) is 23.8 Å². The van der Waals surface area contributed by atoms with E-state index in [-0.39, 0.29) is 53.9 Å². The number of carbonyl (C=O) groups is 3. The molecule has 2 heterocycles. The number of cyclic esters (lactones) is 2. The molecular formula is C42H54O8. The summed E-state index contributed by atoms with van der Waals surface area (Å²) in [5.41, 5.74) is 2.12. The van der Waals surface area contributed by atoms with E-state index in [2.05, 4.69) is 44.5 Å². The zero-order valence-corrected chi connectivity index (χ0v) is 30.8. The van der Waals surface area contributed by atoms with E-state index in [1.54, 1.807) is 14.0 Å². The molecule has 2 aliphatic rings. The monoisotopic (exact) mass is 686 g/mol. The van der Waals surface area contributed by atoms with Gasteiger partial charge in [-0.15, -0.1) is 0 Å². The summed E-state index contributed by atoms with van der Waals surface area (Å²) in [5, 5.41) is 0. The van der Waals surface area contributed by atoms with Crippen molar-refractivity contribution in [1.82, 2.24) is 0 Å². The SMILES string of the molecule is COC(C)[C@@H](C)[C@H](C)CC#C[C@H]1OC(=O)[C@H](C)[C@H]1OCc1ccccc1.C[C@H](C=O)[C@H](C)CC#C[C@H]1OC(=O)[C@H](C)[C@H]1OCc1ccccc1. The van der Waals surface area contributed by atoms with Crippen molar-refractivity contribution in [2.75, 3.05) is 7.11 Å². The highest BCUT2D eigenvalue weighted by atomic mass is 16.6. The molecule has 2 aliphatic heterocycles. The molecule has 11 atom stereocenters. The van der Waals surface area contributed by atoms with Crippen LogP contribution in [0.1, 0.15) is 72.4 Å². The van der Waals surface area contributed by atoms with Crippen LogP contribution < -0.4 is 0 Å². The lowest BCUT2D eigenvalue weighted by molar-refractivity contribution is -0.143. The van der Waals surface area contributed by atoms with Gasteiger partial charge in [0.2, 0.25) is 0 Å². The minimum atomic E-state index is -0.546. The van der Waals surface area contributed by atoms with Gasteiger partial charge in [0.15, 0.2) is 12.2 Å². The topological polar surface area (TPSA) is 97.4 Å². The lowest BCUT2D eigenvalue weighted by Gasteiger charge is -2.23. The van der Waals surface area contributed by atoms with Crippen LogP contribution in [-0.2, 0) is 51.3 Å². The lowest BCUT2D eigenvalue weighted by Crippen LogP contribution is -2.28. The van der Waals surface area contributed by atoms with Crippen molar-refractivity contribution in [3.63, 3.8) is 0 Å². The first kappa shape index (κ1) is 40.5. The maximum atomic E-state index is 12.0. The Balaban J connectivity index is 0.000000271. The third-order valence-corrected chi connectivity index (χ3v) is 9.84. The van der Waals surface area contributed by atoms with Crippen LogP contribution in [0.2, 0.25) is 0 Å². The van der Waals surface area contributed by atoms with Gasteiger partial charge in [0.1, 0.15) is 18.5 Å². The van der Waals surface area contributed by atoms with Crippen molar-refractivity contribution in [3.05, 3.63) is 71.8 Å². The first-order chi connectivity index (χ1) is 24.0. The summed E-state index contributed by atoms with van der Waals surface area (Å²) in [6.45, 7) is 14.8. The molecule has 0 N–H and O–H groups in total. The Hall–Kier alpha value is -3.95. The molecular weight excluding hydrogens is 632 g/mol. The van der Waals surface area contributed by atoms with Gasteiger partial charge in [-0.1, -0.05) is 112 Å². The van der Waals surface area contributed by atoms with Crippen molar-refractivity contribution in [3.8, 4) is 23.7 Å². The molecule has 0 saturated carbocycles. The number of hydrogen-bond donors (Lipinski definition) is 0. The second-order valence-corrected chi connectivity index (χ2v) is 13.6. The van der Waals surface area contributed by atoms with E-state index in [9.17, 15) is 14.4 Å². The summed E-state index contributed by atoms with van der Waals surface area (Å²) in [7, 11) is 1.73. The highest BCUT2D eigenvalue weighted by Gasteiger charge is 2.43. The summed E-state index contributed by atoms with van der Waals surface area (Å²) < 4.78 is 28.0. The fourth-order valence-electron chi connectivity index (χ4n) is 5.44. The molecule has 2 fully saturated rings. The van der Waals surface area contributed by atoms with Crippen LogP contribution >= 0.6 is 0 Å². The fraction of sp³-hybridized carbons (Fsp3) is 0.548. The number of methoxy groups -OCH3 is 1. The van der Waals surface area contributed by atoms with Crippen LogP contribution in [-0.4, -0.2) is 55.9 Å². The van der Waals surface area contributed by atoms with Crippen LogP contribution in [0.3, 0.4) is 0 Å². The van der Waals surface area contributed by atoms with Crippen molar-refractivity contribution in [2.45, 2.75) is 105 Å². The highest BCUT2D eigenvalue weighted by molar-refractivity contribution is 5.76. The quantitative estimate of drug-likeness (QED) is 0.129. The van der Waals surface area contributed by atoms with E-state index in [1.807, 2.05) is 81.4 Å². The van der Waals surface area contributed by atoms with Gasteiger partial charge in [-0.25, -0.2) is 0 Å². The van der Waals surface area contributed by atoms with E-state index in [1.165, 1.54) is 0 Å². The van der Waals surface area contributed by atoms with Gasteiger partial charge >= 0.3 is 11.9 Å². The number of carbonyl (C=O) groups excluding carboxylic acids is 3. The molecule has 0 amide bonds. The second kappa shape index (κ2) is 20.7.